The van der Waals surface area contributed by atoms with Crippen molar-refractivity contribution in [2.45, 2.75) is 44.7 Å². The largest absolute Gasteiger partial charge is 0.478 e. The Bertz CT molecular complexity index is 952. The van der Waals surface area contributed by atoms with Crippen LogP contribution in [0.15, 0.2) is 18.3 Å². The third-order valence-electron chi connectivity index (χ3n) is 4.96. The topological polar surface area (TPSA) is 156 Å². The Balaban J connectivity index is 1.95. The van der Waals surface area contributed by atoms with Gasteiger partial charge in [-0.25, -0.2) is 14.2 Å². The molecular formula is C19H23FN6O3. The van der Waals surface area contributed by atoms with Gasteiger partial charge >= 0.3 is 5.97 Å². The van der Waals surface area contributed by atoms with Crippen molar-refractivity contribution in [3.63, 3.8) is 0 Å². The standard InChI is InChI=1S/C19H23FN6O3/c1-9-11(19(28)29)6-10(8-23-9)24-17-12(16(22)27)7-13(20)18(26-17)25-15-5-3-2-4-14(15)21/h6-8,14-15H,2-5,21H2,1H3,(H2,22,27)(H,28,29)(H2,24,25,26). The molecule has 1 aliphatic rings. The summed E-state index contributed by atoms with van der Waals surface area (Å²) in [5, 5.41) is 15.1. The number of nitrogens with two attached hydrogens (primary N) is 2. The van der Waals surface area contributed by atoms with Crippen LogP contribution in [0.25, 0.3) is 0 Å². The van der Waals surface area contributed by atoms with Crippen LogP contribution in [-0.2, 0) is 0 Å². The highest BCUT2D eigenvalue weighted by Crippen LogP contribution is 2.27. The summed E-state index contributed by atoms with van der Waals surface area (Å²) in [4.78, 5) is 31.3. The lowest BCUT2D eigenvalue weighted by atomic mass is 9.91. The molecule has 154 valence electrons. The minimum Gasteiger partial charge on any atom is -0.478 e. The fraction of sp³-hybridized carbons (Fsp3) is 0.368. The summed E-state index contributed by atoms with van der Waals surface area (Å²) >= 11 is 0. The van der Waals surface area contributed by atoms with E-state index in [2.05, 4.69) is 20.6 Å². The highest BCUT2D eigenvalue weighted by Gasteiger charge is 2.24. The average molecular weight is 402 g/mol. The fourth-order valence-electron chi connectivity index (χ4n) is 3.34. The maximum Gasteiger partial charge on any atom is 0.337 e. The van der Waals surface area contributed by atoms with Crippen LogP contribution in [0, 0.1) is 12.7 Å². The molecule has 0 spiro atoms. The number of rotatable bonds is 6. The Labute approximate surface area is 166 Å². The van der Waals surface area contributed by atoms with Gasteiger partial charge in [-0.05, 0) is 31.9 Å². The number of amides is 1. The number of carboxylic acid groups (broad SMARTS) is 1. The Morgan fingerprint density at radius 1 is 1.21 bits per heavy atom. The van der Waals surface area contributed by atoms with E-state index in [1.807, 2.05) is 0 Å². The molecule has 2 atom stereocenters. The molecule has 7 N–H and O–H groups in total. The van der Waals surface area contributed by atoms with Gasteiger partial charge in [0.05, 0.1) is 28.7 Å². The molecule has 10 heteroatoms. The first-order chi connectivity index (χ1) is 13.8. The Hall–Kier alpha value is -3.27. The second kappa shape index (κ2) is 8.39. The number of carbonyl (C=O) groups is 2. The molecule has 1 amide bonds. The fourth-order valence-corrected chi connectivity index (χ4v) is 3.34. The zero-order valence-corrected chi connectivity index (χ0v) is 15.9. The third kappa shape index (κ3) is 4.60. The second-order valence-corrected chi connectivity index (χ2v) is 7.07. The van der Waals surface area contributed by atoms with Crippen LogP contribution in [-0.4, -0.2) is 39.0 Å². The normalized spacial score (nSPS) is 18.9. The summed E-state index contributed by atoms with van der Waals surface area (Å²) in [6, 6.07) is 2.08. The van der Waals surface area contributed by atoms with E-state index in [1.54, 1.807) is 6.92 Å². The number of aromatic carboxylic acids is 1. The molecule has 2 aromatic heterocycles. The van der Waals surface area contributed by atoms with E-state index in [0.29, 0.717) is 5.69 Å². The van der Waals surface area contributed by atoms with Gasteiger partial charge in [0.15, 0.2) is 11.6 Å². The maximum absolute atomic E-state index is 14.5. The summed E-state index contributed by atoms with van der Waals surface area (Å²) < 4.78 is 14.5. The van der Waals surface area contributed by atoms with Gasteiger partial charge in [0.1, 0.15) is 5.82 Å². The van der Waals surface area contributed by atoms with Gasteiger partial charge in [-0.2, -0.15) is 0 Å². The zero-order chi connectivity index (χ0) is 21.1. The first-order valence-corrected chi connectivity index (χ1v) is 9.25. The van der Waals surface area contributed by atoms with Crippen LogP contribution in [0.2, 0.25) is 0 Å². The lowest BCUT2D eigenvalue weighted by Gasteiger charge is -2.30. The number of anilines is 3. The smallest absolute Gasteiger partial charge is 0.337 e. The highest BCUT2D eigenvalue weighted by atomic mass is 19.1. The Morgan fingerprint density at radius 2 is 1.93 bits per heavy atom. The van der Waals surface area contributed by atoms with Gasteiger partial charge in [-0.3, -0.25) is 9.78 Å². The molecule has 2 heterocycles. The van der Waals surface area contributed by atoms with Crippen LogP contribution in [0.4, 0.5) is 21.7 Å². The predicted octanol–water partition coefficient (Wildman–Crippen LogP) is 2.15. The van der Waals surface area contributed by atoms with Crippen LogP contribution in [0.3, 0.4) is 0 Å². The molecule has 0 aromatic carbocycles. The summed E-state index contributed by atoms with van der Waals surface area (Å²) in [5.41, 5.74) is 11.9. The minimum atomic E-state index is -1.14. The molecule has 1 saturated carbocycles. The molecule has 0 saturated heterocycles. The highest BCUT2D eigenvalue weighted by molar-refractivity contribution is 5.99. The van der Waals surface area contributed by atoms with Crippen molar-refractivity contribution in [3.05, 3.63) is 41.0 Å². The molecule has 29 heavy (non-hydrogen) atoms. The van der Waals surface area contributed by atoms with Gasteiger partial charge in [-0.1, -0.05) is 12.8 Å². The number of nitrogens with zero attached hydrogens (tertiary/aromatic N) is 2. The molecule has 9 nitrogen and oxygen atoms in total. The summed E-state index contributed by atoms with van der Waals surface area (Å²) in [7, 11) is 0. The van der Waals surface area contributed by atoms with Gasteiger partial charge in [0, 0.05) is 12.1 Å². The number of carboxylic acids is 1. The van der Waals surface area contributed by atoms with Crippen LogP contribution in [0.5, 0.6) is 0 Å². The summed E-state index contributed by atoms with van der Waals surface area (Å²) in [6.45, 7) is 1.56. The third-order valence-corrected chi connectivity index (χ3v) is 4.96. The molecule has 0 aliphatic heterocycles. The van der Waals surface area contributed by atoms with E-state index in [4.69, 9.17) is 11.5 Å². The van der Waals surface area contributed by atoms with Gasteiger partial charge in [0.25, 0.3) is 5.91 Å². The van der Waals surface area contributed by atoms with Crippen molar-refractivity contribution in [3.8, 4) is 0 Å². The van der Waals surface area contributed by atoms with Crippen molar-refractivity contribution in [1.82, 2.24) is 9.97 Å². The number of halogens is 1. The van der Waals surface area contributed by atoms with Gasteiger partial charge < -0.3 is 27.2 Å². The number of aromatic nitrogens is 2. The lowest BCUT2D eigenvalue weighted by Crippen LogP contribution is -2.43. The predicted molar refractivity (Wildman–Crippen MR) is 106 cm³/mol. The quantitative estimate of drug-likeness (QED) is 0.492. The number of primary amides is 1. The van der Waals surface area contributed by atoms with Crippen molar-refractivity contribution < 1.29 is 19.1 Å². The average Bonchev–Trinajstić information content (AvgIpc) is 2.67. The Morgan fingerprint density at radius 3 is 2.59 bits per heavy atom. The van der Waals surface area contributed by atoms with Crippen molar-refractivity contribution >= 4 is 29.2 Å². The zero-order valence-electron chi connectivity index (χ0n) is 15.9. The minimum absolute atomic E-state index is 0.00669. The molecule has 0 radical (unpaired) electrons. The Kier molecular flexibility index (Phi) is 5.92. The number of hydrogen-bond acceptors (Lipinski definition) is 7. The van der Waals surface area contributed by atoms with E-state index in [-0.39, 0.29) is 40.5 Å². The van der Waals surface area contributed by atoms with Crippen LogP contribution >= 0.6 is 0 Å². The van der Waals surface area contributed by atoms with Gasteiger partial charge in [-0.15, -0.1) is 0 Å². The SMILES string of the molecule is Cc1ncc(Nc2nc(NC3CCCCC3N)c(F)cc2C(N)=O)cc1C(=O)O. The molecule has 3 rings (SSSR count). The van der Waals surface area contributed by atoms with E-state index in [9.17, 15) is 19.1 Å². The number of aryl methyl sites for hydroxylation is 1. The van der Waals surface area contributed by atoms with Crippen LogP contribution in [0.1, 0.15) is 52.1 Å². The lowest BCUT2D eigenvalue weighted by molar-refractivity contribution is 0.0695. The first kappa shape index (κ1) is 20.5. The molecule has 0 bridgehead atoms. The maximum atomic E-state index is 14.5. The van der Waals surface area contributed by atoms with Crippen LogP contribution < -0.4 is 22.1 Å². The molecule has 1 aliphatic carbocycles. The van der Waals surface area contributed by atoms with E-state index in [0.717, 1.165) is 31.7 Å². The van der Waals surface area contributed by atoms with Crippen molar-refractivity contribution in [1.29, 1.82) is 0 Å². The summed E-state index contributed by atoms with van der Waals surface area (Å²) in [6.07, 6.45) is 5.00. The molecular weight excluding hydrogens is 379 g/mol. The van der Waals surface area contributed by atoms with E-state index in [1.165, 1.54) is 12.3 Å². The molecule has 1 fully saturated rings. The van der Waals surface area contributed by atoms with Crippen molar-refractivity contribution in [2.75, 3.05) is 10.6 Å². The molecule has 2 aromatic rings. The number of hydrogen-bond donors (Lipinski definition) is 5. The monoisotopic (exact) mass is 402 g/mol. The first-order valence-electron chi connectivity index (χ1n) is 9.25. The summed E-state index contributed by atoms with van der Waals surface area (Å²) in [5.74, 6) is -2.81. The molecule has 2 unspecified atom stereocenters. The van der Waals surface area contributed by atoms with E-state index >= 15 is 0 Å². The second-order valence-electron chi connectivity index (χ2n) is 7.07. The van der Waals surface area contributed by atoms with Crippen molar-refractivity contribution in [2.24, 2.45) is 11.5 Å². The van der Waals surface area contributed by atoms with E-state index < -0.39 is 17.7 Å². The number of nitrogens with one attached hydrogen (secondary N) is 2. The number of carbonyl (C=O) groups excluding carboxylic acids is 1. The number of pyridine rings is 2. The van der Waals surface area contributed by atoms with Gasteiger partial charge in [0.2, 0.25) is 0 Å².